The largest absolute Gasteiger partial charge is 0.481 e. The van der Waals surface area contributed by atoms with Gasteiger partial charge in [-0.2, -0.15) is 0 Å². The number of benzene rings is 1. The van der Waals surface area contributed by atoms with Crippen LogP contribution in [0.3, 0.4) is 0 Å². The second-order valence-corrected chi connectivity index (χ2v) is 7.11. The number of aryl methyl sites for hydroxylation is 1. The predicted octanol–water partition coefficient (Wildman–Crippen LogP) is 1.10. The van der Waals surface area contributed by atoms with Crippen LogP contribution in [0.5, 0.6) is 0 Å². The van der Waals surface area contributed by atoms with Gasteiger partial charge >= 0.3 is 5.97 Å². The summed E-state index contributed by atoms with van der Waals surface area (Å²) in [5.74, 6) is -1.68. The Labute approximate surface area is 155 Å². The summed E-state index contributed by atoms with van der Waals surface area (Å²) in [5.41, 5.74) is 3.22. The maximum atomic E-state index is 13.1. The molecule has 3 rings (SSSR count). The van der Waals surface area contributed by atoms with Crippen LogP contribution in [-0.4, -0.2) is 55.6 Å². The van der Waals surface area contributed by atoms with Gasteiger partial charge in [-0.3, -0.25) is 19.6 Å². The number of imidazole rings is 1. The number of fused-ring (bicyclic) bond motifs is 1. The molecule has 1 aliphatic rings. The molecule has 9 heteroatoms. The minimum Gasteiger partial charge on any atom is -0.481 e. The number of aromatic amines is 1. The van der Waals surface area contributed by atoms with Crippen molar-refractivity contribution in [3.05, 3.63) is 29.6 Å². The second-order valence-electron chi connectivity index (χ2n) is 7.11. The number of nitrogens with zero attached hydrogens (tertiary/aromatic N) is 2. The summed E-state index contributed by atoms with van der Waals surface area (Å²) in [4.78, 5) is 45.1. The third kappa shape index (κ3) is 3.37. The van der Waals surface area contributed by atoms with Gasteiger partial charge in [0.1, 0.15) is 17.3 Å². The van der Waals surface area contributed by atoms with Crippen LogP contribution in [0, 0.1) is 6.92 Å². The van der Waals surface area contributed by atoms with Crippen LogP contribution in [0.15, 0.2) is 18.2 Å². The Balaban J connectivity index is 1.90. The highest BCUT2D eigenvalue weighted by Gasteiger charge is 2.49. The molecule has 1 aliphatic heterocycles. The van der Waals surface area contributed by atoms with Crippen molar-refractivity contribution in [1.82, 2.24) is 20.3 Å². The van der Waals surface area contributed by atoms with E-state index in [1.807, 2.05) is 25.1 Å². The molecule has 4 N–H and O–H groups in total. The molecule has 9 nitrogen and oxygen atoms in total. The van der Waals surface area contributed by atoms with Gasteiger partial charge in [-0.05, 0) is 44.4 Å². The van der Waals surface area contributed by atoms with Crippen molar-refractivity contribution in [3.63, 3.8) is 0 Å². The lowest BCUT2D eigenvalue weighted by molar-refractivity contribution is -0.145. The quantitative estimate of drug-likeness (QED) is 0.442. The first-order valence-electron chi connectivity index (χ1n) is 8.70. The predicted molar refractivity (Wildman–Crippen MR) is 95.1 cm³/mol. The third-order valence-corrected chi connectivity index (χ3v) is 5.17. The number of hydrogen-bond donors (Lipinski definition) is 4. The summed E-state index contributed by atoms with van der Waals surface area (Å²) < 4.78 is 0. The third-order valence-electron chi connectivity index (χ3n) is 5.17. The highest BCUT2D eigenvalue weighted by molar-refractivity contribution is 5.94. The van der Waals surface area contributed by atoms with E-state index in [2.05, 4.69) is 9.97 Å². The van der Waals surface area contributed by atoms with E-state index >= 15 is 0 Å². The van der Waals surface area contributed by atoms with Gasteiger partial charge in [0.15, 0.2) is 0 Å². The number of likely N-dealkylation sites (tertiary alicyclic amines) is 1. The van der Waals surface area contributed by atoms with Crippen molar-refractivity contribution in [2.45, 2.75) is 44.6 Å². The fraction of sp³-hybridized carbons (Fsp3) is 0.444. The first-order valence-corrected chi connectivity index (χ1v) is 8.70. The van der Waals surface area contributed by atoms with E-state index in [4.69, 9.17) is 10.3 Å². The highest BCUT2D eigenvalue weighted by Crippen LogP contribution is 2.36. The van der Waals surface area contributed by atoms with E-state index in [0.717, 1.165) is 16.6 Å². The van der Waals surface area contributed by atoms with Gasteiger partial charge in [-0.25, -0.2) is 10.5 Å². The second kappa shape index (κ2) is 6.99. The highest BCUT2D eigenvalue weighted by atomic mass is 16.5. The fourth-order valence-electron chi connectivity index (χ4n) is 3.53. The molecule has 1 aromatic heterocycles. The Kier molecular flexibility index (Phi) is 4.88. The summed E-state index contributed by atoms with van der Waals surface area (Å²) in [7, 11) is 0. The fourth-order valence-corrected chi connectivity index (χ4v) is 3.53. The lowest BCUT2D eigenvalue weighted by Crippen LogP contribution is -2.49. The molecular weight excluding hydrogens is 352 g/mol. The zero-order valence-electron chi connectivity index (χ0n) is 15.2. The van der Waals surface area contributed by atoms with Crippen LogP contribution in [0.4, 0.5) is 0 Å². The number of rotatable bonds is 6. The van der Waals surface area contributed by atoms with E-state index in [1.54, 1.807) is 6.92 Å². The number of amides is 2. The van der Waals surface area contributed by atoms with E-state index in [1.165, 1.54) is 10.4 Å². The molecule has 0 saturated carbocycles. The SMILES string of the molecule is Cc1ccc2nc(C3(C)CCN([C@H](CCC(=O)O)C(=O)NO)C3=O)[nH]c2c1. The molecular formula is C18H22N4O5. The maximum absolute atomic E-state index is 13.1. The van der Waals surface area contributed by atoms with Crippen LogP contribution in [0.2, 0.25) is 0 Å². The molecule has 27 heavy (non-hydrogen) atoms. The van der Waals surface area contributed by atoms with E-state index in [9.17, 15) is 14.4 Å². The molecule has 1 saturated heterocycles. The molecule has 2 amide bonds. The van der Waals surface area contributed by atoms with Gasteiger partial charge < -0.3 is 15.0 Å². The van der Waals surface area contributed by atoms with Crippen molar-refractivity contribution in [3.8, 4) is 0 Å². The van der Waals surface area contributed by atoms with Crippen molar-refractivity contribution >= 4 is 28.8 Å². The molecule has 1 fully saturated rings. The zero-order chi connectivity index (χ0) is 19.8. The van der Waals surface area contributed by atoms with Crippen LogP contribution < -0.4 is 5.48 Å². The van der Waals surface area contributed by atoms with Crippen LogP contribution in [-0.2, 0) is 19.8 Å². The Morgan fingerprint density at radius 2 is 2.19 bits per heavy atom. The maximum Gasteiger partial charge on any atom is 0.303 e. The lowest BCUT2D eigenvalue weighted by atomic mass is 9.88. The molecule has 2 aromatic rings. The van der Waals surface area contributed by atoms with Crippen LogP contribution in [0.1, 0.15) is 37.6 Å². The summed E-state index contributed by atoms with van der Waals surface area (Å²) in [6.45, 7) is 3.98. The average Bonchev–Trinajstić information content (AvgIpc) is 3.18. The van der Waals surface area contributed by atoms with Crippen molar-refractivity contribution < 1.29 is 24.7 Å². The first-order chi connectivity index (χ1) is 12.8. The normalized spacial score (nSPS) is 20.9. The number of carboxylic acids is 1. The number of nitrogens with one attached hydrogen (secondary N) is 2. The molecule has 0 radical (unpaired) electrons. The van der Waals surface area contributed by atoms with Gasteiger partial charge in [-0.1, -0.05) is 6.07 Å². The number of aliphatic carboxylic acids is 1. The van der Waals surface area contributed by atoms with Crippen molar-refractivity contribution in [2.75, 3.05) is 6.54 Å². The Hall–Kier alpha value is -2.94. The summed E-state index contributed by atoms with van der Waals surface area (Å²) in [6.07, 6.45) is 0.0539. The average molecular weight is 374 g/mol. The van der Waals surface area contributed by atoms with E-state index < -0.39 is 23.3 Å². The molecule has 2 heterocycles. The number of aromatic nitrogens is 2. The number of H-pyrrole nitrogens is 1. The van der Waals surface area contributed by atoms with Crippen molar-refractivity contribution in [2.24, 2.45) is 0 Å². The Morgan fingerprint density at radius 3 is 2.85 bits per heavy atom. The van der Waals surface area contributed by atoms with Crippen molar-refractivity contribution in [1.29, 1.82) is 0 Å². The van der Waals surface area contributed by atoms with Gasteiger partial charge in [0.05, 0.1) is 11.0 Å². The molecule has 1 aromatic carbocycles. The number of hydrogen-bond acceptors (Lipinski definition) is 5. The molecule has 0 spiro atoms. The smallest absolute Gasteiger partial charge is 0.303 e. The Morgan fingerprint density at radius 1 is 1.44 bits per heavy atom. The van der Waals surface area contributed by atoms with Gasteiger partial charge in [0, 0.05) is 13.0 Å². The number of hydroxylamine groups is 1. The topological polar surface area (TPSA) is 136 Å². The van der Waals surface area contributed by atoms with Gasteiger partial charge in [0.2, 0.25) is 5.91 Å². The molecule has 1 unspecified atom stereocenters. The summed E-state index contributed by atoms with van der Waals surface area (Å²) in [6, 6.07) is 4.71. The van der Waals surface area contributed by atoms with Gasteiger partial charge in [-0.15, -0.1) is 0 Å². The Bertz CT molecular complexity index is 908. The lowest BCUT2D eigenvalue weighted by Gasteiger charge is -2.27. The molecule has 0 aliphatic carbocycles. The molecule has 144 valence electrons. The standard InChI is InChI=1S/C18H22N4O5/c1-10-3-4-11-12(9-10)20-16(19-11)18(2)7-8-22(17(18)26)13(15(25)21-27)5-6-14(23)24/h3-4,9,13,27H,5-8H2,1-2H3,(H,19,20)(H,21,25)(H,23,24)/t13-,18?/m1/s1. The zero-order valence-corrected chi connectivity index (χ0v) is 15.2. The van der Waals surface area contributed by atoms with Crippen LogP contribution in [0.25, 0.3) is 11.0 Å². The van der Waals surface area contributed by atoms with Crippen LogP contribution >= 0.6 is 0 Å². The summed E-state index contributed by atoms with van der Waals surface area (Å²) in [5, 5.41) is 17.9. The number of carboxylic acid groups (broad SMARTS) is 1. The van der Waals surface area contributed by atoms with Gasteiger partial charge in [0.25, 0.3) is 5.91 Å². The molecule has 2 atom stereocenters. The minimum absolute atomic E-state index is 0.0805. The first kappa shape index (κ1) is 18.8. The van der Waals surface area contributed by atoms with E-state index in [-0.39, 0.29) is 25.3 Å². The summed E-state index contributed by atoms with van der Waals surface area (Å²) >= 11 is 0. The molecule has 0 bridgehead atoms. The monoisotopic (exact) mass is 374 g/mol. The van der Waals surface area contributed by atoms with E-state index in [0.29, 0.717) is 12.2 Å². The minimum atomic E-state index is -1.08. The number of carbonyl (C=O) groups is 3. The number of carbonyl (C=O) groups excluding carboxylic acids is 2.